The Kier molecular flexibility index (Phi) is 6.44. The van der Waals surface area contributed by atoms with Crippen LogP contribution in [-0.4, -0.2) is 30.9 Å². The van der Waals surface area contributed by atoms with Gasteiger partial charge in [0.2, 0.25) is 5.91 Å². The van der Waals surface area contributed by atoms with Gasteiger partial charge in [0.15, 0.2) is 6.61 Å². The van der Waals surface area contributed by atoms with Crippen LogP contribution in [0.3, 0.4) is 0 Å². The minimum Gasteiger partial charge on any atom is -0.455 e. The van der Waals surface area contributed by atoms with Gasteiger partial charge in [0.05, 0.1) is 21.7 Å². The number of benzene rings is 2. The third kappa shape index (κ3) is 4.76. The molecule has 146 valence electrons. The zero-order valence-electron chi connectivity index (χ0n) is 14.5. The fourth-order valence-electron chi connectivity index (χ4n) is 2.78. The highest BCUT2D eigenvalue weighted by atomic mass is 35.5. The maximum Gasteiger partial charge on any atom is 0.311 e. The number of anilines is 2. The molecule has 1 aliphatic heterocycles. The molecule has 28 heavy (non-hydrogen) atoms. The van der Waals surface area contributed by atoms with E-state index in [9.17, 15) is 14.4 Å². The molecule has 0 aliphatic carbocycles. The molecule has 2 amide bonds. The van der Waals surface area contributed by atoms with Crippen molar-refractivity contribution in [3.63, 3.8) is 0 Å². The zero-order valence-corrected chi connectivity index (χ0v) is 16.7. The molecule has 3 rings (SSSR count). The minimum atomic E-state index is -0.647. The smallest absolute Gasteiger partial charge is 0.311 e. The third-order valence-electron chi connectivity index (χ3n) is 4.17. The second-order valence-electron chi connectivity index (χ2n) is 6.14. The quantitative estimate of drug-likeness (QED) is 0.706. The number of halogens is 3. The summed E-state index contributed by atoms with van der Waals surface area (Å²) in [5.74, 6) is -2.02. The van der Waals surface area contributed by atoms with E-state index >= 15 is 0 Å². The molecule has 1 N–H and O–H groups in total. The van der Waals surface area contributed by atoms with Crippen molar-refractivity contribution in [1.29, 1.82) is 0 Å². The molecule has 9 heteroatoms. The fraction of sp³-hybridized carbons (Fsp3) is 0.211. The third-order valence-corrected chi connectivity index (χ3v) is 5.24. The molecule has 1 saturated heterocycles. The summed E-state index contributed by atoms with van der Waals surface area (Å²) in [5, 5.41) is 3.57. The predicted molar refractivity (Wildman–Crippen MR) is 108 cm³/mol. The van der Waals surface area contributed by atoms with Crippen LogP contribution in [0.2, 0.25) is 15.1 Å². The maximum atomic E-state index is 12.3. The first-order valence-corrected chi connectivity index (χ1v) is 9.45. The summed E-state index contributed by atoms with van der Waals surface area (Å²) in [5.41, 5.74) is 0.971. The molecule has 0 spiro atoms. The largest absolute Gasteiger partial charge is 0.455 e. The van der Waals surface area contributed by atoms with Crippen LogP contribution in [0.4, 0.5) is 11.4 Å². The lowest BCUT2D eigenvalue weighted by Crippen LogP contribution is -2.28. The first-order chi connectivity index (χ1) is 13.3. The van der Waals surface area contributed by atoms with Gasteiger partial charge < -0.3 is 15.0 Å². The van der Waals surface area contributed by atoms with Gasteiger partial charge in [-0.3, -0.25) is 14.4 Å². The van der Waals surface area contributed by atoms with E-state index in [0.717, 1.165) is 0 Å². The van der Waals surface area contributed by atoms with E-state index < -0.39 is 24.4 Å². The summed E-state index contributed by atoms with van der Waals surface area (Å²) in [6.07, 6.45) is 0.0171. The Labute approximate surface area is 176 Å². The second-order valence-corrected chi connectivity index (χ2v) is 7.36. The Bertz CT molecular complexity index is 918. The van der Waals surface area contributed by atoms with Crippen LogP contribution >= 0.6 is 34.8 Å². The summed E-state index contributed by atoms with van der Waals surface area (Å²) < 4.78 is 5.05. The number of rotatable bonds is 5. The van der Waals surface area contributed by atoms with Crippen molar-refractivity contribution in [3.05, 3.63) is 57.5 Å². The molecule has 1 aliphatic rings. The summed E-state index contributed by atoms with van der Waals surface area (Å²) in [6, 6.07) is 11.5. The van der Waals surface area contributed by atoms with E-state index in [0.29, 0.717) is 21.4 Å². The molecule has 6 nitrogen and oxygen atoms in total. The van der Waals surface area contributed by atoms with Crippen LogP contribution in [0, 0.1) is 5.92 Å². The number of esters is 1. The van der Waals surface area contributed by atoms with E-state index in [4.69, 9.17) is 39.5 Å². The summed E-state index contributed by atoms with van der Waals surface area (Å²) in [7, 11) is 0. The van der Waals surface area contributed by atoms with Gasteiger partial charge in [-0.2, -0.15) is 0 Å². The van der Waals surface area contributed by atoms with Gasteiger partial charge in [0, 0.05) is 23.7 Å². The molecule has 0 bridgehead atoms. The van der Waals surface area contributed by atoms with Crippen molar-refractivity contribution >= 4 is 64.0 Å². The van der Waals surface area contributed by atoms with Gasteiger partial charge >= 0.3 is 5.97 Å². The number of carbonyl (C=O) groups is 3. The lowest BCUT2D eigenvalue weighted by Gasteiger charge is -2.16. The molecule has 1 heterocycles. The normalized spacial score (nSPS) is 16.2. The van der Waals surface area contributed by atoms with Crippen molar-refractivity contribution in [2.75, 3.05) is 23.4 Å². The van der Waals surface area contributed by atoms with Crippen molar-refractivity contribution in [3.8, 4) is 0 Å². The van der Waals surface area contributed by atoms with Crippen molar-refractivity contribution < 1.29 is 19.1 Å². The van der Waals surface area contributed by atoms with Crippen LogP contribution in [0.5, 0.6) is 0 Å². The van der Waals surface area contributed by atoms with Gasteiger partial charge in [-0.05, 0) is 36.4 Å². The standard InChI is InChI=1S/C19H15Cl3N2O4/c20-12-4-6-13(7-5-12)24-9-11(8-17(24)26)19(27)28-10-16(25)23-15-3-1-2-14(21)18(15)22/h1-7,11H,8-10H2,(H,23,25)/t11-/m1/s1. The maximum absolute atomic E-state index is 12.3. The first-order valence-electron chi connectivity index (χ1n) is 8.31. The van der Waals surface area contributed by atoms with Crippen LogP contribution in [0.1, 0.15) is 6.42 Å². The van der Waals surface area contributed by atoms with Crippen LogP contribution in [-0.2, 0) is 19.1 Å². The number of amides is 2. The topological polar surface area (TPSA) is 75.7 Å². The monoisotopic (exact) mass is 440 g/mol. The Morgan fingerprint density at radius 3 is 2.54 bits per heavy atom. The van der Waals surface area contributed by atoms with E-state index in [2.05, 4.69) is 5.32 Å². The number of carbonyl (C=O) groups excluding carboxylic acids is 3. The van der Waals surface area contributed by atoms with Crippen LogP contribution in [0.25, 0.3) is 0 Å². The fourth-order valence-corrected chi connectivity index (χ4v) is 3.25. The Morgan fingerprint density at radius 2 is 1.82 bits per heavy atom. The molecule has 0 unspecified atom stereocenters. The number of ether oxygens (including phenoxy) is 1. The molecule has 0 radical (unpaired) electrons. The zero-order chi connectivity index (χ0) is 20.3. The van der Waals surface area contributed by atoms with Gasteiger partial charge in [-0.1, -0.05) is 40.9 Å². The molecule has 2 aromatic carbocycles. The Hall–Kier alpha value is -2.28. The summed E-state index contributed by atoms with van der Waals surface area (Å²) in [4.78, 5) is 37.9. The average molecular weight is 442 g/mol. The number of hydrogen-bond acceptors (Lipinski definition) is 4. The molecule has 2 aromatic rings. The van der Waals surface area contributed by atoms with Gasteiger partial charge in [-0.25, -0.2) is 0 Å². The molecular weight excluding hydrogens is 427 g/mol. The molecule has 0 saturated carbocycles. The lowest BCUT2D eigenvalue weighted by atomic mass is 10.1. The van der Waals surface area contributed by atoms with Crippen LogP contribution in [0.15, 0.2) is 42.5 Å². The SMILES string of the molecule is O=C(COC(=O)[C@@H]1CC(=O)N(c2ccc(Cl)cc2)C1)Nc1cccc(Cl)c1Cl. The average Bonchev–Trinajstić information content (AvgIpc) is 3.06. The van der Waals surface area contributed by atoms with Crippen LogP contribution < -0.4 is 10.2 Å². The first kappa shape index (κ1) is 20.5. The molecular formula is C19H15Cl3N2O4. The van der Waals surface area contributed by atoms with E-state index in [1.54, 1.807) is 42.5 Å². The number of hydrogen-bond donors (Lipinski definition) is 1. The number of nitrogens with zero attached hydrogens (tertiary/aromatic N) is 1. The van der Waals surface area contributed by atoms with Crippen molar-refractivity contribution in [2.45, 2.75) is 6.42 Å². The molecule has 1 fully saturated rings. The Balaban J connectivity index is 1.53. The summed E-state index contributed by atoms with van der Waals surface area (Å²) in [6.45, 7) is -0.311. The highest BCUT2D eigenvalue weighted by Gasteiger charge is 2.36. The van der Waals surface area contributed by atoms with Gasteiger partial charge in [0.25, 0.3) is 5.91 Å². The summed E-state index contributed by atoms with van der Waals surface area (Å²) >= 11 is 17.7. The molecule has 0 aromatic heterocycles. The molecule has 1 atom stereocenters. The minimum absolute atomic E-state index is 0.0171. The van der Waals surface area contributed by atoms with Crippen molar-refractivity contribution in [2.24, 2.45) is 5.92 Å². The van der Waals surface area contributed by atoms with Gasteiger partial charge in [0.1, 0.15) is 0 Å². The highest BCUT2D eigenvalue weighted by molar-refractivity contribution is 6.44. The van der Waals surface area contributed by atoms with Crippen molar-refractivity contribution in [1.82, 2.24) is 0 Å². The highest BCUT2D eigenvalue weighted by Crippen LogP contribution is 2.30. The van der Waals surface area contributed by atoms with Gasteiger partial charge in [-0.15, -0.1) is 0 Å². The lowest BCUT2D eigenvalue weighted by molar-refractivity contribution is -0.151. The second kappa shape index (κ2) is 8.82. The van der Waals surface area contributed by atoms with E-state index in [1.165, 1.54) is 4.90 Å². The van der Waals surface area contributed by atoms with E-state index in [1.807, 2.05) is 0 Å². The number of nitrogens with one attached hydrogen (secondary N) is 1. The van der Waals surface area contributed by atoms with E-state index in [-0.39, 0.29) is 23.9 Å². The Morgan fingerprint density at radius 1 is 1.11 bits per heavy atom. The predicted octanol–water partition coefficient (Wildman–Crippen LogP) is 4.18.